The summed E-state index contributed by atoms with van der Waals surface area (Å²) in [4.78, 5) is 11.5. The first kappa shape index (κ1) is 11.1. The Bertz CT molecular complexity index is 399. The average molecular weight is 221 g/mol. The molecule has 2 nitrogen and oxygen atoms in total. The topological polar surface area (TPSA) is 29.1 Å². The third kappa shape index (κ3) is 3.05. The molecule has 1 fully saturated rings. The molecule has 0 heterocycles. The lowest BCUT2D eigenvalue weighted by Gasteiger charge is -2.08. The fourth-order valence-electron chi connectivity index (χ4n) is 1.74. The van der Waals surface area contributed by atoms with Crippen LogP contribution in [0.15, 0.2) is 18.2 Å². The number of rotatable bonds is 5. The van der Waals surface area contributed by atoms with Gasteiger partial charge in [-0.1, -0.05) is 0 Å². The van der Waals surface area contributed by atoms with E-state index in [0.717, 1.165) is 11.3 Å². The molecular formula is C13H16FNO. The first-order valence-electron chi connectivity index (χ1n) is 5.67. The first-order chi connectivity index (χ1) is 7.65. The van der Waals surface area contributed by atoms with E-state index in [2.05, 4.69) is 5.32 Å². The predicted molar refractivity (Wildman–Crippen MR) is 62.0 cm³/mol. The van der Waals surface area contributed by atoms with Gasteiger partial charge in [0.15, 0.2) is 5.78 Å². The number of ketones is 1. The summed E-state index contributed by atoms with van der Waals surface area (Å²) < 4.78 is 12.8. The zero-order valence-electron chi connectivity index (χ0n) is 9.42. The molecule has 0 aromatic heterocycles. The molecule has 0 amide bonds. The number of hydrogen-bond donors (Lipinski definition) is 1. The summed E-state index contributed by atoms with van der Waals surface area (Å²) in [7, 11) is 0. The Morgan fingerprint density at radius 1 is 1.50 bits per heavy atom. The van der Waals surface area contributed by atoms with Gasteiger partial charge in [0.25, 0.3) is 0 Å². The lowest BCUT2D eigenvalue weighted by Crippen LogP contribution is -2.14. The standard InChI is InChI=1S/C13H16FNO/c1-9-6-11(14)4-5-13(9)15-8-12(16)7-10-2-3-10/h4-6,10,15H,2-3,7-8H2,1H3. The molecule has 3 heteroatoms. The van der Waals surface area contributed by atoms with Crippen molar-refractivity contribution in [1.82, 2.24) is 0 Å². The summed E-state index contributed by atoms with van der Waals surface area (Å²) in [5, 5.41) is 3.06. The molecule has 1 aliphatic rings. The van der Waals surface area contributed by atoms with Crippen LogP contribution in [-0.2, 0) is 4.79 Å². The highest BCUT2D eigenvalue weighted by molar-refractivity contribution is 5.83. The molecule has 1 aromatic carbocycles. The number of halogens is 1. The fourth-order valence-corrected chi connectivity index (χ4v) is 1.74. The van der Waals surface area contributed by atoms with E-state index < -0.39 is 0 Å². The molecule has 0 atom stereocenters. The van der Waals surface area contributed by atoms with Crippen molar-refractivity contribution in [3.8, 4) is 0 Å². The molecular weight excluding hydrogens is 205 g/mol. The van der Waals surface area contributed by atoms with Crippen molar-refractivity contribution in [2.24, 2.45) is 5.92 Å². The third-order valence-corrected chi connectivity index (χ3v) is 2.88. The summed E-state index contributed by atoms with van der Waals surface area (Å²) in [5.74, 6) is 0.627. The van der Waals surface area contributed by atoms with Crippen LogP contribution < -0.4 is 5.32 Å². The zero-order valence-corrected chi connectivity index (χ0v) is 9.42. The van der Waals surface area contributed by atoms with Crippen molar-refractivity contribution in [3.63, 3.8) is 0 Å². The molecule has 1 aliphatic carbocycles. The van der Waals surface area contributed by atoms with Crippen molar-refractivity contribution < 1.29 is 9.18 Å². The molecule has 1 N–H and O–H groups in total. The van der Waals surface area contributed by atoms with Crippen molar-refractivity contribution in [2.75, 3.05) is 11.9 Å². The van der Waals surface area contributed by atoms with Crippen LogP contribution in [0, 0.1) is 18.7 Å². The number of Topliss-reactive ketones (excluding diaryl/α,β-unsaturated/α-hetero) is 1. The van der Waals surface area contributed by atoms with E-state index in [4.69, 9.17) is 0 Å². The third-order valence-electron chi connectivity index (χ3n) is 2.88. The van der Waals surface area contributed by atoms with Gasteiger partial charge in [0.1, 0.15) is 5.82 Å². The Morgan fingerprint density at radius 3 is 2.88 bits per heavy atom. The largest absolute Gasteiger partial charge is 0.378 e. The van der Waals surface area contributed by atoms with E-state index in [1.54, 1.807) is 6.07 Å². The fraction of sp³-hybridized carbons (Fsp3) is 0.462. The lowest BCUT2D eigenvalue weighted by molar-refractivity contribution is -0.117. The minimum atomic E-state index is -0.243. The number of nitrogens with one attached hydrogen (secondary N) is 1. The van der Waals surface area contributed by atoms with Gasteiger partial charge < -0.3 is 5.32 Å². The van der Waals surface area contributed by atoms with Gasteiger partial charge in [0.05, 0.1) is 6.54 Å². The SMILES string of the molecule is Cc1cc(F)ccc1NCC(=O)CC1CC1. The maximum Gasteiger partial charge on any atom is 0.152 e. The van der Waals surface area contributed by atoms with Crippen LogP contribution in [0.4, 0.5) is 10.1 Å². The maximum absolute atomic E-state index is 12.8. The van der Waals surface area contributed by atoms with Crippen LogP contribution in [0.5, 0.6) is 0 Å². The van der Waals surface area contributed by atoms with Gasteiger partial charge in [0, 0.05) is 12.1 Å². The van der Waals surface area contributed by atoms with Gasteiger partial charge in [-0.25, -0.2) is 4.39 Å². The molecule has 0 spiro atoms. The zero-order chi connectivity index (χ0) is 11.5. The van der Waals surface area contributed by atoms with E-state index in [1.807, 2.05) is 6.92 Å². The second-order valence-corrected chi connectivity index (χ2v) is 4.50. The molecule has 0 radical (unpaired) electrons. The van der Waals surface area contributed by atoms with Gasteiger partial charge in [-0.3, -0.25) is 4.79 Å². The number of anilines is 1. The number of carbonyl (C=O) groups is 1. The van der Waals surface area contributed by atoms with Gasteiger partial charge in [-0.2, -0.15) is 0 Å². The lowest BCUT2D eigenvalue weighted by atomic mass is 10.1. The molecule has 1 saturated carbocycles. The Labute approximate surface area is 94.9 Å². The van der Waals surface area contributed by atoms with Crippen LogP contribution in [0.1, 0.15) is 24.8 Å². The monoisotopic (exact) mass is 221 g/mol. The predicted octanol–water partition coefficient (Wildman–Crippen LogP) is 2.92. The second-order valence-electron chi connectivity index (χ2n) is 4.50. The minimum Gasteiger partial charge on any atom is -0.378 e. The molecule has 0 bridgehead atoms. The first-order valence-corrected chi connectivity index (χ1v) is 5.67. The number of hydrogen-bond acceptors (Lipinski definition) is 2. The molecule has 0 aliphatic heterocycles. The molecule has 16 heavy (non-hydrogen) atoms. The smallest absolute Gasteiger partial charge is 0.152 e. The molecule has 86 valence electrons. The van der Waals surface area contributed by atoms with Crippen LogP contribution in [0.25, 0.3) is 0 Å². The van der Waals surface area contributed by atoms with Crippen LogP contribution in [0.3, 0.4) is 0 Å². The van der Waals surface area contributed by atoms with Crippen LogP contribution in [0.2, 0.25) is 0 Å². The Balaban J connectivity index is 1.85. The number of carbonyl (C=O) groups excluding carboxylic acids is 1. The molecule has 1 aromatic rings. The Kier molecular flexibility index (Phi) is 3.22. The second kappa shape index (κ2) is 4.64. The van der Waals surface area contributed by atoms with E-state index >= 15 is 0 Å². The van der Waals surface area contributed by atoms with E-state index in [9.17, 15) is 9.18 Å². The van der Waals surface area contributed by atoms with E-state index in [1.165, 1.54) is 25.0 Å². The quantitative estimate of drug-likeness (QED) is 0.828. The molecule has 2 rings (SSSR count). The van der Waals surface area contributed by atoms with Gasteiger partial charge in [-0.05, 0) is 49.4 Å². The van der Waals surface area contributed by atoms with Gasteiger partial charge in [-0.15, -0.1) is 0 Å². The van der Waals surface area contributed by atoms with Crippen molar-refractivity contribution >= 4 is 11.5 Å². The molecule has 0 unspecified atom stereocenters. The highest BCUT2D eigenvalue weighted by Gasteiger charge is 2.23. The summed E-state index contributed by atoms with van der Waals surface area (Å²) in [5.41, 5.74) is 1.67. The molecule has 0 saturated heterocycles. The Morgan fingerprint density at radius 2 is 2.25 bits per heavy atom. The van der Waals surface area contributed by atoms with Crippen molar-refractivity contribution in [3.05, 3.63) is 29.6 Å². The van der Waals surface area contributed by atoms with Gasteiger partial charge in [0.2, 0.25) is 0 Å². The summed E-state index contributed by atoms with van der Waals surface area (Å²) in [6, 6.07) is 4.55. The van der Waals surface area contributed by atoms with Gasteiger partial charge >= 0.3 is 0 Å². The summed E-state index contributed by atoms with van der Waals surface area (Å²) >= 11 is 0. The van der Waals surface area contributed by atoms with Crippen molar-refractivity contribution in [2.45, 2.75) is 26.2 Å². The highest BCUT2D eigenvalue weighted by Crippen LogP contribution is 2.32. The van der Waals surface area contributed by atoms with Crippen LogP contribution >= 0.6 is 0 Å². The Hall–Kier alpha value is -1.38. The minimum absolute atomic E-state index is 0.242. The van der Waals surface area contributed by atoms with Crippen LogP contribution in [-0.4, -0.2) is 12.3 Å². The normalized spacial score (nSPS) is 14.9. The number of benzene rings is 1. The summed E-state index contributed by atoms with van der Waals surface area (Å²) in [6.45, 7) is 2.18. The van der Waals surface area contributed by atoms with E-state index in [-0.39, 0.29) is 11.6 Å². The highest BCUT2D eigenvalue weighted by atomic mass is 19.1. The summed E-state index contributed by atoms with van der Waals surface area (Å²) in [6.07, 6.45) is 3.08. The van der Waals surface area contributed by atoms with Crippen molar-refractivity contribution in [1.29, 1.82) is 0 Å². The average Bonchev–Trinajstić information content (AvgIpc) is 3.00. The maximum atomic E-state index is 12.8. The number of aryl methyl sites for hydroxylation is 1. The van der Waals surface area contributed by atoms with E-state index in [0.29, 0.717) is 18.9 Å².